The van der Waals surface area contributed by atoms with Crippen molar-refractivity contribution < 1.29 is 17.9 Å². The molecule has 0 aromatic heterocycles. The molecule has 7 heteroatoms. The summed E-state index contributed by atoms with van der Waals surface area (Å²) in [5.74, 6) is -0.0941. The number of ether oxygens (including phenoxy) is 1. The van der Waals surface area contributed by atoms with Gasteiger partial charge in [0, 0.05) is 33.3 Å². The first-order valence-electron chi connectivity index (χ1n) is 8.41. The smallest absolute Gasteiger partial charge is 0.248 e. The number of piperazine rings is 1. The monoisotopic (exact) mass is 352 g/mol. The van der Waals surface area contributed by atoms with Gasteiger partial charge in [0.15, 0.2) is 0 Å². The largest absolute Gasteiger partial charge is 0.375 e. The normalized spacial score (nSPS) is 19.1. The van der Waals surface area contributed by atoms with Crippen LogP contribution in [0.4, 0.5) is 0 Å². The second kappa shape index (κ2) is 7.21. The van der Waals surface area contributed by atoms with Gasteiger partial charge in [-0.05, 0) is 48.9 Å². The van der Waals surface area contributed by atoms with Crippen LogP contribution in [-0.2, 0) is 32.4 Å². The molecule has 6 nitrogen and oxygen atoms in total. The van der Waals surface area contributed by atoms with Crippen molar-refractivity contribution in [2.75, 3.05) is 39.9 Å². The van der Waals surface area contributed by atoms with E-state index in [-0.39, 0.29) is 12.5 Å². The third-order valence-corrected chi connectivity index (χ3v) is 6.71. The van der Waals surface area contributed by atoms with Crippen LogP contribution in [0.3, 0.4) is 0 Å². The van der Waals surface area contributed by atoms with Crippen LogP contribution in [0.5, 0.6) is 0 Å². The number of carbonyl (C=O) groups is 1. The highest BCUT2D eigenvalue weighted by Crippen LogP contribution is 2.26. The van der Waals surface area contributed by atoms with Crippen molar-refractivity contribution in [1.82, 2.24) is 9.21 Å². The van der Waals surface area contributed by atoms with Gasteiger partial charge >= 0.3 is 0 Å². The molecular formula is C17H24N2O4S. The first-order chi connectivity index (χ1) is 11.5. The van der Waals surface area contributed by atoms with Crippen LogP contribution in [0.25, 0.3) is 0 Å². The van der Waals surface area contributed by atoms with Gasteiger partial charge in [0.05, 0.1) is 4.90 Å². The molecule has 132 valence electrons. The van der Waals surface area contributed by atoms with Crippen LogP contribution >= 0.6 is 0 Å². The van der Waals surface area contributed by atoms with Crippen molar-refractivity contribution in [3.05, 3.63) is 29.3 Å². The van der Waals surface area contributed by atoms with Crippen LogP contribution in [0.15, 0.2) is 23.1 Å². The molecular weight excluding hydrogens is 328 g/mol. The zero-order valence-corrected chi connectivity index (χ0v) is 14.8. The predicted octanol–water partition coefficient (Wildman–Crippen LogP) is 1.04. The van der Waals surface area contributed by atoms with E-state index in [1.54, 1.807) is 11.0 Å². The van der Waals surface area contributed by atoms with E-state index in [2.05, 4.69) is 0 Å². The Morgan fingerprint density at radius 2 is 1.75 bits per heavy atom. The highest BCUT2D eigenvalue weighted by atomic mass is 32.2. The van der Waals surface area contributed by atoms with Crippen molar-refractivity contribution >= 4 is 15.9 Å². The zero-order chi connectivity index (χ0) is 17.2. The highest BCUT2D eigenvalue weighted by Gasteiger charge is 2.30. The molecule has 0 bridgehead atoms. The Kier molecular flexibility index (Phi) is 5.22. The van der Waals surface area contributed by atoms with E-state index in [1.807, 2.05) is 12.1 Å². The molecule has 1 aliphatic carbocycles. The second-order valence-corrected chi connectivity index (χ2v) is 8.29. The number of aryl methyl sites for hydroxylation is 2. The van der Waals surface area contributed by atoms with Crippen molar-refractivity contribution in [2.45, 2.75) is 30.6 Å². The van der Waals surface area contributed by atoms with Gasteiger partial charge in [-0.3, -0.25) is 4.79 Å². The van der Waals surface area contributed by atoms with Crippen LogP contribution in [-0.4, -0.2) is 63.4 Å². The summed E-state index contributed by atoms with van der Waals surface area (Å²) >= 11 is 0. The Bertz CT molecular complexity index is 709. The van der Waals surface area contributed by atoms with Gasteiger partial charge < -0.3 is 9.64 Å². The molecule has 0 N–H and O–H groups in total. The molecule has 1 fully saturated rings. The molecule has 3 rings (SSSR count). The molecule has 0 radical (unpaired) electrons. The van der Waals surface area contributed by atoms with E-state index in [1.165, 1.54) is 23.4 Å². The van der Waals surface area contributed by atoms with Crippen molar-refractivity contribution in [1.29, 1.82) is 0 Å². The van der Waals surface area contributed by atoms with Crippen molar-refractivity contribution in [2.24, 2.45) is 0 Å². The maximum Gasteiger partial charge on any atom is 0.248 e. The Morgan fingerprint density at radius 3 is 2.42 bits per heavy atom. The molecule has 1 aromatic rings. The molecule has 2 aliphatic rings. The van der Waals surface area contributed by atoms with Crippen molar-refractivity contribution in [3.63, 3.8) is 0 Å². The lowest BCUT2D eigenvalue weighted by molar-refractivity contribution is -0.136. The Morgan fingerprint density at radius 1 is 1.08 bits per heavy atom. The van der Waals surface area contributed by atoms with E-state index in [0.29, 0.717) is 31.1 Å². The second-order valence-electron chi connectivity index (χ2n) is 6.36. The van der Waals surface area contributed by atoms with E-state index in [9.17, 15) is 13.2 Å². The molecule has 1 aliphatic heterocycles. The fourth-order valence-electron chi connectivity index (χ4n) is 3.41. The van der Waals surface area contributed by atoms with Gasteiger partial charge in [-0.1, -0.05) is 6.07 Å². The summed E-state index contributed by atoms with van der Waals surface area (Å²) in [5.41, 5.74) is 2.44. The average Bonchev–Trinajstić information content (AvgIpc) is 2.61. The van der Waals surface area contributed by atoms with Crippen molar-refractivity contribution in [3.8, 4) is 0 Å². The minimum Gasteiger partial charge on any atom is -0.375 e. The summed E-state index contributed by atoms with van der Waals surface area (Å²) in [4.78, 5) is 13.8. The summed E-state index contributed by atoms with van der Waals surface area (Å²) in [6.07, 6.45) is 4.29. The molecule has 0 unspecified atom stereocenters. The predicted molar refractivity (Wildman–Crippen MR) is 90.3 cm³/mol. The number of hydrogen-bond acceptors (Lipinski definition) is 4. The third-order valence-electron chi connectivity index (χ3n) is 4.82. The Balaban J connectivity index is 1.71. The van der Waals surface area contributed by atoms with E-state index in [0.717, 1.165) is 24.8 Å². The number of sulfonamides is 1. The summed E-state index contributed by atoms with van der Waals surface area (Å²) in [6.45, 7) is 1.51. The highest BCUT2D eigenvalue weighted by molar-refractivity contribution is 7.89. The molecule has 0 spiro atoms. The number of benzene rings is 1. The van der Waals surface area contributed by atoms with E-state index in [4.69, 9.17) is 4.74 Å². The summed E-state index contributed by atoms with van der Waals surface area (Å²) < 4.78 is 32.1. The van der Waals surface area contributed by atoms with E-state index >= 15 is 0 Å². The number of rotatable bonds is 4. The molecule has 1 saturated heterocycles. The maximum absolute atomic E-state index is 12.9. The first kappa shape index (κ1) is 17.4. The number of hydrogen-bond donors (Lipinski definition) is 0. The first-order valence-corrected chi connectivity index (χ1v) is 9.85. The molecule has 1 amide bonds. The Hall–Kier alpha value is -1.44. The van der Waals surface area contributed by atoms with Gasteiger partial charge in [0.25, 0.3) is 0 Å². The summed E-state index contributed by atoms with van der Waals surface area (Å²) in [5, 5.41) is 0. The molecule has 1 heterocycles. The lowest BCUT2D eigenvalue weighted by Crippen LogP contribution is -2.51. The zero-order valence-electron chi connectivity index (χ0n) is 14.0. The van der Waals surface area contributed by atoms with Gasteiger partial charge in [0.1, 0.15) is 6.61 Å². The topological polar surface area (TPSA) is 66.9 Å². The fourth-order valence-corrected chi connectivity index (χ4v) is 4.89. The van der Waals surface area contributed by atoms with Crippen LogP contribution < -0.4 is 0 Å². The van der Waals surface area contributed by atoms with Gasteiger partial charge in [-0.25, -0.2) is 8.42 Å². The number of amides is 1. The molecule has 0 atom stereocenters. The lowest BCUT2D eigenvalue weighted by Gasteiger charge is -2.34. The van der Waals surface area contributed by atoms with Gasteiger partial charge in [-0.15, -0.1) is 0 Å². The average molecular weight is 352 g/mol. The van der Waals surface area contributed by atoms with Gasteiger partial charge in [0.2, 0.25) is 15.9 Å². The third kappa shape index (κ3) is 3.48. The standard InChI is InChI=1S/C17H24N2O4S/c1-23-13-17(20)18-8-10-19(11-9-18)24(21,22)16-7-6-14-4-2-3-5-15(14)12-16/h6-7,12H,2-5,8-11,13H2,1H3. The Labute approximate surface area is 143 Å². The quantitative estimate of drug-likeness (QED) is 0.812. The van der Waals surface area contributed by atoms with E-state index < -0.39 is 10.0 Å². The van der Waals surface area contributed by atoms with Gasteiger partial charge in [-0.2, -0.15) is 4.31 Å². The number of fused-ring (bicyclic) bond motifs is 1. The molecule has 0 saturated carbocycles. The number of nitrogens with zero attached hydrogens (tertiary/aromatic N) is 2. The SMILES string of the molecule is COCC(=O)N1CCN(S(=O)(=O)c2ccc3c(c2)CCCC3)CC1. The summed E-state index contributed by atoms with van der Waals surface area (Å²) in [7, 11) is -2.01. The van der Waals surface area contributed by atoms with Crippen LogP contribution in [0, 0.1) is 0 Å². The minimum atomic E-state index is -3.49. The summed E-state index contributed by atoms with van der Waals surface area (Å²) in [6, 6.07) is 5.52. The molecule has 24 heavy (non-hydrogen) atoms. The van der Waals surface area contributed by atoms with Crippen LogP contribution in [0.2, 0.25) is 0 Å². The van der Waals surface area contributed by atoms with Crippen LogP contribution in [0.1, 0.15) is 24.0 Å². The minimum absolute atomic E-state index is 0.0393. The fraction of sp³-hybridized carbons (Fsp3) is 0.588. The molecule has 1 aromatic carbocycles. The number of carbonyl (C=O) groups excluding carboxylic acids is 1. The number of methoxy groups -OCH3 is 1. The lowest BCUT2D eigenvalue weighted by atomic mass is 9.92. The maximum atomic E-state index is 12.9.